The second-order valence-electron chi connectivity index (χ2n) is 6.59. The quantitative estimate of drug-likeness (QED) is 0.742. The van der Waals surface area contributed by atoms with E-state index in [1.165, 1.54) is 0 Å². The molecule has 0 radical (unpaired) electrons. The van der Waals surface area contributed by atoms with Gasteiger partial charge in [0.2, 0.25) is 0 Å². The molecule has 0 bridgehead atoms. The number of benzene rings is 2. The minimum Gasteiger partial charge on any atom is -0.487 e. The van der Waals surface area contributed by atoms with Crippen molar-refractivity contribution in [1.82, 2.24) is 5.32 Å². The Bertz CT molecular complexity index is 843. The Balaban J connectivity index is 1.76. The Morgan fingerprint density at radius 2 is 2.00 bits per heavy atom. The van der Waals surface area contributed by atoms with Gasteiger partial charge >= 0.3 is 0 Å². The van der Waals surface area contributed by atoms with Crippen LogP contribution in [0.4, 0.5) is 5.69 Å². The average Bonchev–Trinajstić information content (AvgIpc) is 2.55. The monoisotopic (exact) mass is 371 g/mol. The van der Waals surface area contributed by atoms with Crippen LogP contribution in [0.15, 0.2) is 42.5 Å². The molecule has 0 fully saturated rings. The highest BCUT2D eigenvalue weighted by Gasteiger charge is 2.34. The number of rotatable bonds is 2. The van der Waals surface area contributed by atoms with Crippen LogP contribution in [-0.2, 0) is 0 Å². The van der Waals surface area contributed by atoms with Gasteiger partial charge in [-0.1, -0.05) is 11.6 Å². The van der Waals surface area contributed by atoms with Crippen molar-refractivity contribution in [3.8, 4) is 11.8 Å². The maximum Gasteiger partial charge on any atom is 0.171 e. The van der Waals surface area contributed by atoms with E-state index in [-0.39, 0.29) is 11.6 Å². The first kappa shape index (κ1) is 17.5. The lowest BCUT2D eigenvalue weighted by Crippen LogP contribution is -2.42. The lowest BCUT2D eigenvalue weighted by Gasteiger charge is -2.38. The lowest BCUT2D eigenvalue weighted by molar-refractivity contribution is 0.0697. The fourth-order valence-corrected chi connectivity index (χ4v) is 3.35. The predicted octanol–water partition coefficient (Wildman–Crippen LogP) is 4.80. The number of nitriles is 1. The van der Waals surface area contributed by atoms with Crippen LogP contribution in [0.1, 0.15) is 37.4 Å². The van der Waals surface area contributed by atoms with Gasteiger partial charge < -0.3 is 15.4 Å². The SMILES string of the molecule is CC1(C)C[C@@H](NC(=S)Nc2ccc(C#N)cc2)c2cc(Cl)ccc2O1. The summed E-state index contributed by atoms with van der Waals surface area (Å²) in [5.41, 5.74) is 2.13. The summed E-state index contributed by atoms with van der Waals surface area (Å²) in [6.07, 6.45) is 0.759. The van der Waals surface area contributed by atoms with Gasteiger partial charge in [0.05, 0.1) is 17.7 Å². The standard InChI is InChI=1S/C19H18ClN3OS/c1-19(2)10-16(15-9-13(20)5-8-17(15)24-19)23-18(25)22-14-6-3-12(11-21)4-7-14/h3-9,16H,10H2,1-2H3,(H2,22,23,25)/t16-/m1/s1. The number of fused-ring (bicyclic) bond motifs is 1. The maximum absolute atomic E-state index is 8.86. The summed E-state index contributed by atoms with van der Waals surface area (Å²) in [4.78, 5) is 0. The van der Waals surface area contributed by atoms with Gasteiger partial charge in [-0.05, 0) is 68.5 Å². The van der Waals surface area contributed by atoms with Crippen LogP contribution in [-0.4, -0.2) is 10.7 Å². The van der Waals surface area contributed by atoms with E-state index in [1.54, 1.807) is 12.1 Å². The van der Waals surface area contributed by atoms with E-state index < -0.39 is 0 Å². The van der Waals surface area contributed by atoms with Crippen molar-refractivity contribution < 1.29 is 4.74 Å². The number of thiocarbonyl (C=S) groups is 1. The summed E-state index contributed by atoms with van der Waals surface area (Å²) in [5.74, 6) is 0.819. The van der Waals surface area contributed by atoms with E-state index in [2.05, 4.69) is 30.6 Å². The minimum atomic E-state index is -0.303. The largest absolute Gasteiger partial charge is 0.487 e. The molecular formula is C19H18ClN3OS. The van der Waals surface area contributed by atoms with Crippen molar-refractivity contribution in [2.24, 2.45) is 0 Å². The molecule has 6 heteroatoms. The van der Waals surface area contributed by atoms with Gasteiger partial charge in [-0.2, -0.15) is 5.26 Å². The molecular weight excluding hydrogens is 354 g/mol. The van der Waals surface area contributed by atoms with Crippen LogP contribution in [0.5, 0.6) is 5.75 Å². The second kappa shape index (κ2) is 6.91. The highest BCUT2D eigenvalue weighted by Crippen LogP contribution is 2.40. The molecule has 1 aliphatic rings. The first-order chi connectivity index (χ1) is 11.9. The van der Waals surface area contributed by atoms with Crippen molar-refractivity contribution in [2.75, 3.05) is 5.32 Å². The van der Waals surface area contributed by atoms with Crippen molar-refractivity contribution in [1.29, 1.82) is 5.26 Å². The molecule has 2 N–H and O–H groups in total. The van der Waals surface area contributed by atoms with E-state index in [0.29, 0.717) is 15.7 Å². The molecule has 1 heterocycles. The Morgan fingerprint density at radius 1 is 1.28 bits per heavy atom. The average molecular weight is 372 g/mol. The normalized spacial score (nSPS) is 17.6. The third-order valence-corrected chi connectivity index (χ3v) is 4.46. The van der Waals surface area contributed by atoms with Crippen molar-refractivity contribution in [3.05, 3.63) is 58.6 Å². The maximum atomic E-state index is 8.86. The summed E-state index contributed by atoms with van der Waals surface area (Å²) < 4.78 is 6.04. The third-order valence-electron chi connectivity index (χ3n) is 4.01. The Morgan fingerprint density at radius 3 is 2.68 bits per heavy atom. The van der Waals surface area contributed by atoms with Crippen LogP contribution < -0.4 is 15.4 Å². The zero-order valence-electron chi connectivity index (χ0n) is 14.0. The van der Waals surface area contributed by atoms with Gasteiger partial charge in [-0.3, -0.25) is 0 Å². The van der Waals surface area contributed by atoms with E-state index in [1.807, 2.05) is 30.3 Å². The smallest absolute Gasteiger partial charge is 0.171 e. The van der Waals surface area contributed by atoms with E-state index in [9.17, 15) is 0 Å². The Labute approximate surface area is 157 Å². The topological polar surface area (TPSA) is 57.1 Å². The van der Waals surface area contributed by atoms with Crippen molar-refractivity contribution >= 4 is 34.6 Å². The minimum absolute atomic E-state index is 0.00386. The molecule has 0 saturated carbocycles. The molecule has 0 aliphatic carbocycles. The van der Waals surface area contributed by atoms with Crippen LogP contribution in [0, 0.1) is 11.3 Å². The fraction of sp³-hybridized carbons (Fsp3) is 0.263. The molecule has 3 rings (SSSR count). The van der Waals surface area contributed by atoms with Crippen LogP contribution >= 0.6 is 23.8 Å². The number of halogens is 1. The molecule has 0 saturated heterocycles. The molecule has 2 aromatic rings. The molecule has 0 spiro atoms. The molecule has 25 heavy (non-hydrogen) atoms. The van der Waals surface area contributed by atoms with Gasteiger partial charge in [-0.25, -0.2) is 0 Å². The zero-order valence-corrected chi connectivity index (χ0v) is 15.5. The third kappa shape index (κ3) is 4.22. The highest BCUT2D eigenvalue weighted by molar-refractivity contribution is 7.80. The molecule has 0 amide bonds. The molecule has 2 aromatic carbocycles. The number of nitrogens with zero attached hydrogens (tertiary/aromatic N) is 1. The summed E-state index contributed by atoms with van der Waals surface area (Å²) in [7, 11) is 0. The van der Waals surface area contributed by atoms with Gasteiger partial charge in [0.1, 0.15) is 11.4 Å². The van der Waals surface area contributed by atoms with Crippen LogP contribution in [0.25, 0.3) is 0 Å². The Hall–Kier alpha value is -2.29. The number of hydrogen-bond donors (Lipinski definition) is 2. The summed E-state index contributed by atoms with van der Waals surface area (Å²) in [5, 5.41) is 16.5. The lowest BCUT2D eigenvalue weighted by atomic mass is 9.90. The highest BCUT2D eigenvalue weighted by atomic mass is 35.5. The first-order valence-corrected chi connectivity index (χ1v) is 8.71. The first-order valence-electron chi connectivity index (χ1n) is 7.92. The van der Waals surface area contributed by atoms with Crippen LogP contribution in [0.2, 0.25) is 5.02 Å². The molecule has 0 aromatic heterocycles. The number of ether oxygens (including phenoxy) is 1. The summed E-state index contributed by atoms with van der Waals surface area (Å²) >= 11 is 11.6. The van der Waals surface area contributed by atoms with Crippen molar-refractivity contribution in [3.63, 3.8) is 0 Å². The van der Waals surface area contributed by atoms with Crippen LogP contribution in [0.3, 0.4) is 0 Å². The van der Waals surface area contributed by atoms with Gasteiger partial charge in [0.15, 0.2) is 5.11 Å². The van der Waals surface area contributed by atoms with Gasteiger partial charge in [0.25, 0.3) is 0 Å². The number of nitrogens with one attached hydrogen (secondary N) is 2. The van der Waals surface area contributed by atoms with Gasteiger partial charge in [0, 0.05) is 22.7 Å². The fourth-order valence-electron chi connectivity index (χ4n) is 2.91. The number of anilines is 1. The molecule has 1 aliphatic heterocycles. The van der Waals surface area contributed by atoms with E-state index >= 15 is 0 Å². The van der Waals surface area contributed by atoms with E-state index in [0.717, 1.165) is 23.4 Å². The summed E-state index contributed by atoms with van der Waals surface area (Å²) in [6.45, 7) is 4.10. The predicted molar refractivity (Wildman–Crippen MR) is 104 cm³/mol. The molecule has 128 valence electrons. The second-order valence-corrected chi connectivity index (χ2v) is 7.43. The zero-order chi connectivity index (χ0) is 18.0. The summed E-state index contributed by atoms with van der Waals surface area (Å²) in [6, 6.07) is 14.9. The molecule has 4 nitrogen and oxygen atoms in total. The van der Waals surface area contributed by atoms with Crippen molar-refractivity contribution in [2.45, 2.75) is 31.9 Å². The molecule has 0 unspecified atom stereocenters. The Kier molecular flexibility index (Phi) is 4.85. The van der Waals surface area contributed by atoms with Gasteiger partial charge in [-0.15, -0.1) is 0 Å². The van der Waals surface area contributed by atoms with E-state index in [4.69, 9.17) is 33.8 Å². The molecule has 1 atom stereocenters. The number of hydrogen-bond acceptors (Lipinski definition) is 3.